The zero-order valence-corrected chi connectivity index (χ0v) is 17.1. The Bertz CT molecular complexity index is 919. The van der Waals surface area contributed by atoms with Crippen molar-refractivity contribution in [2.75, 3.05) is 19.4 Å². The summed E-state index contributed by atoms with van der Waals surface area (Å²) >= 11 is 10.0. The normalized spacial score (nSPS) is 11.5. The van der Waals surface area contributed by atoms with Gasteiger partial charge in [0.05, 0.1) is 5.69 Å². The molecule has 0 saturated carbocycles. The van der Waals surface area contributed by atoms with E-state index < -0.39 is 0 Å². The van der Waals surface area contributed by atoms with E-state index >= 15 is 0 Å². The van der Waals surface area contributed by atoms with E-state index in [1.807, 2.05) is 14.0 Å². The maximum absolute atomic E-state index is 6.36. The van der Waals surface area contributed by atoms with Crippen LogP contribution in [0.1, 0.15) is 16.8 Å². The number of aryl methyl sites for hydroxylation is 2. The monoisotopic (exact) mass is 421 g/mol. The van der Waals surface area contributed by atoms with Crippen LogP contribution in [-0.4, -0.2) is 33.8 Å². The fourth-order valence-electron chi connectivity index (χ4n) is 2.81. The second-order valence-corrected chi connectivity index (χ2v) is 7.63. The van der Waals surface area contributed by atoms with E-state index in [4.69, 9.17) is 11.6 Å². The summed E-state index contributed by atoms with van der Waals surface area (Å²) < 4.78 is 2.85. The van der Waals surface area contributed by atoms with Crippen LogP contribution in [0.5, 0.6) is 0 Å². The van der Waals surface area contributed by atoms with Crippen LogP contribution >= 0.6 is 27.5 Å². The molecule has 25 heavy (non-hydrogen) atoms. The molecule has 0 atom stereocenters. The lowest BCUT2D eigenvalue weighted by molar-refractivity contribution is 0.401. The van der Waals surface area contributed by atoms with Gasteiger partial charge in [0.2, 0.25) is 0 Å². The molecule has 0 aliphatic carbocycles. The lowest BCUT2D eigenvalue weighted by Crippen LogP contribution is -2.11. The molecule has 132 valence electrons. The summed E-state index contributed by atoms with van der Waals surface area (Å²) in [6.07, 6.45) is 0. The zero-order valence-electron chi connectivity index (χ0n) is 14.8. The first kappa shape index (κ1) is 18.2. The molecule has 0 amide bonds. The fourth-order valence-corrected chi connectivity index (χ4v) is 3.52. The Morgan fingerprint density at radius 2 is 2.00 bits per heavy atom. The van der Waals surface area contributed by atoms with Crippen LogP contribution in [0, 0.1) is 6.92 Å². The topological polar surface area (TPSA) is 46.0 Å². The van der Waals surface area contributed by atoms with Gasteiger partial charge in [-0.3, -0.25) is 4.68 Å². The summed E-state index contributed by atoms with van der Waals surface area (Å²) in [5, 5.41) is 9.36. The molecule has 0 aliphatic heterocycles. The number of hydrogen-bond donors (Lipinski definition) is 1. The third-order valence-electron chi connectivity index (χ3n) is 4.05. The number of rotatable bonds is 5. The van der Waals surface area contributed by atoms with Crippen LogP contribution in [0.2, 0.25) is 5.15 Å². The molecule has 0 fully saturated rings. The molecule has 1 N–H and O–H groups in total. The Kier molecular flexibility index (Phi) is 5.32. The molecule has 0 aliphatic rings. The number of halogens is 2. The maximum atomic E-state index is 6.36. The van der Waals surface area contributed by atoms with E-state index in [1.54, 1.807) is 4.68 Å². The zero-order chi connectivity index (χ0) is 18.1. The summed E-state index contributed by atoms with van der Waals surface area (Å²) in [6, 6.07) is 8.36. The highest BCUT2D eigenvalue weighted by Gasteiger charge is 2.11. The van der Waals surface area contributed by atoms with E-state index in [2.05, 4.69) is 74.6 Å². The summed E-state index contributed by atoms with van der Waals surface area (Å²) in [7, 11) is 6.00. The quantitative estimate of drug-likeness (QED) is 0.620. The van der Waals surface area contributed by atoms with Crippen LogP contribution in [0.15, 0.2) is 28.7 Å². The van der Waals surface area contributed by atoms with Crippen LogP contribution in [0.4, 0.5) is 5.69 Å². The second kappa shape index (κ2) is 7.32. The number of benzene rings is 1. The van der Waals surface area contributed by atoms with Crippen molar-refractivity contribution in [2.45, 2.75) is 20.0 Å². The minimum absolute atomic E-state index is 0.506. The van der Waals surface area contributed by atoms with E-state index in [0.29, 0.717) is 11.7 Å². The molecule has 1 aromatic carbocycles. The van der Waals surface area contributed by atoms with Crippen molar-refractivity contribution in [2.24, 2.45) is 7.05 Å². The Hall–Kier alpha value is -1.63. The van der Waals surface area contributed by atoms with Gasteiger partial charge in [-0.1, -0.05) is 33.6 Å². The van der Waals surface area contributed by atoms with E-state index in [1.165, 1.54) is 5.56 Å². The van der Waals surface area contributed by atoms with Gasteiger partial charge >= 0.3 is 0 Å². The van der Waals surface area contributed by atoms with Gasteiger partial charge in [0.25, 0.3) is 0 Å². The van der Waals surface area contributed by atoms with Gasteiger partial charge in [-0.2, -0.15) is 5.10 Å². The highest BCUT2D eigenvalue weighted by Crippen LogP contribution is 2.25. The Balaban J connectivity index is 1.79. The van der Waals surface area contributed by atoms with Crippen molar-refractivity contribution >= 4 is 44.3 Å². The number of pyridine rings is 1. The van der Waals surface area contributed by atoms with Crippen LogP contribution < -0.4 is 5.32 Å². The molecule has 0 saturated heterocycles. The van der Waals surface area contributed by atoms with Crippen molar-refractivity contribution < 1.29 is 0 Å². The number of fused-ring (bicyclic) bond motifs is 1. The molecule has 2 aromatic heterocycles. The van der Waals surface area contributed by atoms with Gasteiger partial charge in [0.1, 0.15) is 5.15 Å². The fraction of sp³-hybridized carbons (Fsp3) is 0.333. The first-order valence-electron chi connectivity index (χ1n) is 8.01. The highest BCUT2D eigenvalue weighted by molar-refractivity contribution is 9.10. The Morgan fingerprint density at radius 1 is 1.24 bits per heavy atom. The number of nitrogens with one attached hydrogen (secondary N) is 1. The molecular weight excluding hydrogens is 402 g/mol. The average Bonchev–Trinajstić information content (AvgIpc) is 2.81. The molecule has 0 bridgehead atoms. The summed E-state index contributed by atoms with van der Waals surface area (Å²) in [6.45, 7) is 3.48. The molecule has 2 heterocycles. The van der Waals surface area contributed by atoms with Gasteiger partial charge in [0, 0.05) is 41.2 Å². The van der Waals surface area contributed by atoms with Gasteiger partial charge < -0.3 is 10.2 Å². The average molecular weight is 423 g/mol. The van der Waals surface area contributed by atoms with E-state index in [9.17, 15) is 0 Å². The van der Waals surface area contributed by atoms with Crippen molar-refractivity contribution in [3.05, 3.63) is 50.7 Å². The third-order valence-corrected chi connectivity index (χ3v) is 5.11. The van der Waals surface area contributed by atoms with E-state index in [0.717, 1.165) is 39.0 Å². The molecular formula is C18H21BrClN5. The number of anilines is 1. The minimum Gasteiger partial charge on any atom is -0.381 e. The minimum atomic E-state index is 0.506. The summed E-state index contributed by atoms with van der Waals surface area (Å²) in [5.74, 6) is 0. The standard InChI is InChI=1S/C18H21BrClN5/c1-11-15-7-13(17(20)22-18(15)25(4)23-11)9-21-14-6-5-12(10-24(2)3)16(19)8-14/h5-8,21H,9-10H2,1-4H3. The lowest BCUT2D eigenvalue weighted by atomic mass is 10.1. The largest absolute Gasteiger partial charge is 0.381 e. The molecule has 5 nitrogen and oxygen atoms in total. The van der Waals surface area contributed by atoms with Crippen molar-refractivity contribution in [3.8, 4) is 0 Å². The number of hydrogen-bond acceptors (Lipinski definition) is 4. The smallest absolute Gasteiger partial charge is 0.159 e. The third kappa shape index (κ3) is 3.97. The summed E-state index contributed by atoms with van der Waals surface area (Å²) in [4.78, 5) is 6.63. The second-order valence-electron chi connectivity index (χ2n) is 6.42. The first-order valence-corrected chi connectivity index (χ1v) is 9.18. The van der Waals surface area contributed by atoms with Crippen molar-refractivity contribution in [1.29, 1.82) is 0 Å². The Morgan fingerprint density at radius 3 is 2.68 bits per heavy atom. The molecule has 0 unspecified atom stereocenters. The molecule has 7 heteroatoms. The maximum Gasteiger partial charge on any atom is 0.159 e. The molecule has 3 rings (SSSR count). The predicted molar refractivity (Wildman–Crippen MR) is 107 cm³/mol. The van der Waals surface area contributed by atoms with Gasteiger partial charge in [-0.15, -0.1) is 0 Å². The van der Waals surface area contributed by atoms with Crippen molar-refractivity contribution in [3.63, 3.8) is 0 Å². The predicted octanol–water partition coefficient (Wildman–Crippen LogP) is 4.37. The Labute approximate surface area is 161 Å². The van der Waals surface area contributed by atoms with Crippen molar-refractivity contribution in [1.82, 2.24) is 19.7 Å². The number of nitrogens with zero attached hydrogens (tertiary/aromatic N) is 4. The number of aromatic nitrogens is 3. The lowest BCUT2D eigenvalue weighted by Gasteiger charge is -2.13. The van der Waals surface area contributed by atoms with Crippen LogP contribution in [0.25, 0.3) is 11.0 Å². The SMILES string of the molecule is Cc1nn(C)c2nc(Cl)c(CNc3ccc(CN(C)C)c(Br)c3)cc12. The van der Waals surface area contributed by atoms with Crippen LogP contribution in [-0.2, 0) is 20.1 Å². The van der Waals surface area contributed by atoms with Gasteiger partial charge in [0.15, 0.2) is 5.65 Å². The molecule has 0 spiro atoms. The molecule has 3 aromatic rings. The van der Waals surface area contributed by atoms with Gasteiger partial charge in [-0.05, 0) is 44.8 Å². The first-order chi connectivity index (χ1) is 11.8. The van der Waals surface area contributed by atoms with Crippen LogP contribution in [0.3, 0.4) is 0 Å². The summed E-state index contributed by atoms with van der Waals surface area (Å²) in [5.41, 5.74) is 5.01. The van der Waals surface area contributed by atoms with Gasteiger partial charge in [-0.25, -0.2) is 4.98 Å². The highest BCUT2D eigenvalue weighted by atomic mass is 79.9. The van der Waals surface area contributed by atoms with E-state index in [-0.39, 0.29) is 0 Å². The molecule has 0 radical (unpaired) electrons.